The van der Waals surface area contributed by atoms with Crippen molar-refractivity contribution in [1.82, 2.24) is 15.3 Å². The third-order valence-electron chi connectivity index (χ3n) is 3.06. The Balaban J connectivity index is 1.97. The summed E-state index contributed by atoms with van der Waals surface area (Å²) >= 11 is 6.10. The van der Waals surface area contributed by atoms with Crippen LogP contribution < -0.4 is 10.9 Å². The summed E-state index contributed by atoms with van der Waals surface area (Å²) in [5.41, 5.74) is 2.51. The lowest BCUT2D eigenvalue weighted by Gasteiger charge is -2.05. The van der Waals surface area contributed by atoms with Crippen molar-refractivity contribution in [2.24, 2.45) is 0 Å². The first-order valence-corrected chi connectivity index (χ1v) is 6.17. The molecule has 92 valence electrons. The van der Waals surface area contributed by atoms with Crippen molar-refractivity contribution in [2.75, 3.05) is 0 Å². The highest BCUT2D eigenvalue weighted by Gasteiger charge is 2.16. The van der Waals surface area contributed by atoms with Gasteiger partial charge in [-0.2, -0.15) is 0 Å². The fraction of sp³-hybridized carbons (Fsp3) is 0.231. The lowest BCUT2D eigenvalue weighted by Crippen LogP contribution is -2.17. The van der Waals surface area contributed by atoms with E-state index >= 15 is 0 Å². The van der Waals surface area contributed by atoms with Gasteiger partial charge in [0.15, 0.2) is 0 Å². The Bertz CT molecular complexity index is 651. The molecule has 18 heavy (non-hydrogen) atoms. The molecule has 2 N–H and O–H groups in total. The van der Waals surface area contributed by atoms with Gasteiger partial charge in [0.25, 0.3) is 5.56 Å². The average Bonchev–Trinajstić information content (AvgIpc) is 2.81. The molecule has 0 fully saturated rings. The van der Waals surface area contributed by atoms with E-state index in [1.807, 2.05) is 24.3 Å². The smallest absolute Gasteiger partial charge is 0.255 e. The van der Waals surface area contributed by atoms with Gasteiger partial charge in [0.2, 0.25) is 0 Å². The molecule has 2 aromatic rings. The SMILES string of the molecule is O=c1[nH]c(Cc2ccccc2Cl)nc2c1CNC2. The van der Waals surface area contributed by atoms with E-state index in [9.17, 15) is 4.79 Å². The Hall–Kier alpha value is -1.65. The van der Waals surface area contributed by atoms with Crippen molar-refractivity contribution in [3.8, 4) is 0 Å². The van der Waals surface area contributed by atoms with Gasteiger partial charge in [-0.1, -0.05) is 29.8 Å². The van der Waals surface area contributed by atoms with Crippen molar-refractivity contribution in [1.29, 1.82) is 0 Å². The second kappa shape index (κ2) is 4.55. The highest BCUT2D eigenvalue weighted by atomic mass is 35.5. The average molecular weight is 262 g/mol. The minimum atomic E-state index is -0.0490. The van der Waals surface area contributed by atoms with Gasteiger partial charge in [-0.25, -0.2) is 4.98 Å². The van der Waals surface area contributed by atoms with E-state index in [1.54, 1.807) is 0 Å². The number of rotatable bonds is 2. The second-order valence-corrected chi connectivity index (χ2v) is 4.72. The molecule has 0 atom stereocenters. The van der Waals surface area contributed by atoms with Crippen LogP contribution >= 0.6 is 11.6 Å². The first-order valence-electron chi connectivity index (χ1n) is 5.79. The molecule has 0 saturated heterocycles. The molecule has 0 unspecified atom stereocenters. The fourth-order valence-electron chi connectivity index (χ4n) is 2.14. The van der Waals surface area contributed by atoms with Gasteiger partial charge in [-0.3, -0.25) is 4.79 Å². The van der Waals surface area contributed by atoms with Gasteiger partial charge in [0.1, 0.15) is 5.82 Å². The number of benzene rings is 1. The quantitative estimate of drug-likeness (QED) is 0.864. The Kier molecular flexibility index (Phi) is 2.89. The van der Waals surface area contributed by atoms with Crippen molar-refractivity contribution in [3.05, 3.63) is 62.3 Å². The lowest BCUT2D eigenvalue weighted by atomic mass is 10.1. The van der Waals surface area contributed by atoms with E-state index < -0.39 is 0 Å². The van der Waals surface area contributed by atoms with Crippen LogP contribution in [0.15, 0.2) is 29.1 Å². The van der Waals surface area contributed by atoms with Crippen LogP contribution in [0, 0.1) is 0 Å². The summed E-state index contributed by atoms with van der Waals surface area (Å²) < 4.78 is 0. The molecule has 4 nitrogen and oxygen atoms in total. The van der Waals surface area contributed by atoms with Crippen molar-refractivity contribution in [2.45, 2.75) is 19.5 Å². The second-order valence-electron chi connectivity index (χ2n) is 4.31. The minimum absolute atomic E-state index is 0.0490. The summed E-state index contributed by atoms with van der Waals surface area (Å²) in [7, 11) is 0. The monoisotopic (exact) mass is 261 g/mol. The zero-order valence-electron chi connectivity index (χ0n) is 9.66. The molecule has 2 heterocycles. The number of fused-ring (bicyclic) bond motifs is 1. The van der Waals surface area contributed by atoms with Crippen molar-refractivity contribution in [3.63, 3.8) is 0 Å². The predicted octanol–water partition coefficient (Wildman–Crippen LogP) is 1.62. The van der Waals surface area contributed by atoms with Gasteiger partial charge in [-0.05, 0) is 11.6 Å². The van der Waals surface area contributed by atoms with Gasteiger partial charge < -0.3 is 10.3 Å². The van der Waals surface area contributed by atoms with Crippen LogP contribution in [0.1, 0.15) is 22.6 Å². The third kappa shape index (κ3) is 2.05. The van der Waals surface area contributed by atoms with E-state index in [0.29, 0.717) is 30.4 Å². The molecular formula is C13H12ClN3O. The number of hydrogen-bond donors (Lipinski definition) is 2. The Morgan fingerprint density at radius 2 is 2.11 bits per heavy atom. The maximum absolute atomic E-state index is 11.8. The predicted molar refractivity (Wildman–Crippen MR) is 69.7 cm³/mol. The van der Waals surface area contributed by atoms with Crippen LogP contribution in [0.5, 0.6) is 0 Å². The van der Waals surface area contributed by atoms with E-state index in [0.717, 1.165) is 16.8 Å². The molecule has 3 rings (SSSR count). The lowest BCUT2D eigenvalue weighted by molar-refractivity contribution is 0.755. The van der Waals surface area contributed by atoms with Crippen molar-refractivity contribution >= 4 is 11.6 Å². The number of aromatic nitrogens is 2. The number of hydrogen-bond acceptors (Lipinski definition) is 3. The van der Waals surface area contributed by atoms with Crippen LogP contribution in [-0.4, -0.2) is 9.97 Å². The Morgan fingerprint density at radius 1 is 1.28 bits per heavy atom. The van der Waals surface area contributed by atoms with Crippen LogP contribution in [-0.2, 0) is 19.5 Å². The number of aromatic amines is 1. The standard InChI is InChI=1S/C13H12ClN3O/c14-10-4-2-1-3-8(10)5-12-16-11-7-15-6-9(11)13(18)17-12/h1-4,15H,5-7H2,(H,16,17,18). The van der Waals surface area contributed by atoms with Crippen LogP contribution in [0.4, 0.5) is 0 Å². The zero-order valence-corrected chi connectivity index (χ0v) is 10.4. The summed E-state index contributed by atoms with van der Waals surface area (Å²) in [6, 6.07) is 7.58. The fourth-order valence-corrected chi connectivity index (χ4v) is 2.34. The van der Waals surface area contributed by atoms with E-state index in [2.05, 4.69) is 15.3 Å². The van der Waals surface area contributed by atoms with Crippen LogP contribution in [0.25, 0.3) is 0 Å². The molecule has 0 spiro atoms. The van der Waals surface area contributed by atoms with Crippen molar-refractivity contribution < 1.29 is 0 Å². The van der Waals surface area contributed by atoms with Crippen LogP contribution in [0.3, 0.4) is 0 Å². The van der Waals surface area contributed by atoms with E-state index in [4.69, 9.17) is 11.6 Å². The topological polar surface area (TPSA) is 57.8 Å². The molecule has 1 aromatic heterocycles. The third-order valence-corrected chi connectivity index (χ3v) is 3.43. The number of nitrogens with one attached hydrogen (secondary N) is 2. The summed E-state index contributed by atoms with van der Waals surface area (Å²) in [5, 5.41) is 3.82. The molecule has 5 heteroatoms. The maximum atomic E-state index is 11.8. The van der Waals surface area contributed by atoms with Gasteiger partial charge in [0.05, 0.1) is 11.3 Å². The van der Waals surface area contributed by atoms with Gasteiger partial charge in [-0.15, -0.1) is 0 Å². The summed E-state index contributed by atoms with van der Waals surface area (Å²) in [5.74, 6) is 0.663. The summed E-state index contributed by atoms with van der Waals surface area (Å²) in [6.07, 6.45) is 0.544. The summed E-state index contributed by atoms with van der Waals surface area (Å²) in [4.78, 5) is 19.1. The van der Waals surface area contributed by atoms with Gasteiger partial charge in [0, 0.05) is 24.5 Å². The highest BCUT2D eigenvalue weighted by molar-refractivity contribution is 6.31. The molecule has 0 amide bonds. The molecule has 1 aliphatic rings. The molecule has 1 aliphatic heterocycles. The van der Waals surface area contributed by atoms with Gasteiger partial charge >= 0.3 is 0 Å². The Labute approximate surface area is 109 Å². The molecule has 0 aliphatic carbocycles. The first-order chi connectivity index (χ1) is 8.74. The number of nitrogens with zero attached hydrogens (tertiary/aromatic N) is 1. The minimum Gasteiger partial charge on any atom is -0.310 e. The molecule has 0 bridgehead atoms. The zero-order chi connectivity index (χ0) is 12.5. The normalized spacial score (nSPS) is 13.6. The largest absolute Gasteiger partial charge is 0.310 e. The number of H-pyrrole nitrogens is 1. The van der Waals surface area contributed by atoms with E-state index in [-0.39, 0.29) is 5.56 Å². The highest BCUT2D eigenvalue weighted by Crippen LogP contribution is 2.17. The summed E-state index contributed by atoms with van der Waals surface area (Å²) in [6.45, 7) is 1.26. The van der Waals surface area contributed by atoms with Crippen LogP contribution in [0.2, 0.25) is 5.02 Å². The molecule has 1 aromatic carbocycles. The molecule has 0 radical (unpaired) electrons. The first kappa shape index (κ1) is 11.4. The Morgan fingerprint density at radius 3 is 2.94 bits per heavy atom. The maximum Gasteiger partial charge on any atom is 0.255 e. The molecule has 0 saturated carbocycles. The number of halogens is 1. The molecular weight excluding hydrogens is 250 g/mol. The van der Waals surface area contributed by atoms with E-state index in [1.165, 1.54) is 0 Å².